The van der Waals surface area contributed by atoms with Crippen LogP contribution < -0.4 is 15.5 Å². The molecule has 2 fully saturated rings. The lowest BCUT2D eigenvalue weighted by molar-refractivity contribution is -0.137. The van der Waals surface area contributed by atoms with Crippen LogP contribution in [-0.4, -0.2) is 29.3 Å². The molecule has 1 aliphatic carbocycles. The number of carbonyl (C=O) groups excluding carboxylic acids is 3. The first-order valence-electron chi connectivity index (χ1n) is 11.2. The number of hydrogen-bond donors (Lipinski definition) is 2. The number of rotatable bonds is 6. The molecule has 0 spiro atoms. The molecule has 0 bridgehead atoms. The van der Waals surface area contributed by atoms with Crippen molar-refractivity contribution >= 4 is 35.2 Å². The summed E-state index contributed by atoms with van der Waals surface area (Å²) in [5.41, 5.74) is 1.18. The Kier molecular flexibility index (Phi) is 6.40. The first-order chi connectivity index (χ1) is 15.5. The highest BCUT2D eigenvalue weighted by Crippen LogP contribution is 2.40. The van der Waals surface area contributed by atoms with Gasteiger partial charge in [0.2, 0.25) is 11.8 Å². The lowest BCUT2D eigenvalue weighted by atomic mass is 9.80. The number of hydrogen-bond acceptors (Lipinski definition) is 3. The monoisotopic (exact) mass is 431 g/mol. The van der Waals surface area contributed by atoms with Crippen molar-refractivity contribution < 1.29 is 14.4 Å². The highest BCUT2D eigenvalue weighted by Gasteiger charge is 2.55. The van der Waals surface area contributed by atoms with Crippen LogP contribution in [0.2, 0.25) is 0 Å². The average molecular weight is 432 g/mol. The zero-order valence-corrected chi connectivity index (χ0v) is 18.3. The maximum atomic E-state index is 13.6. The van der Waals surface area contributed by atoms with Gasteiger partial charge >= 0.3 is 0 Å². The van der Waals surface area contributed by atoms with Crippen molar-refractivity contribution in [3.63, 3.8) is 0 Å². The van der Waals surface area contributed by atoms with Crippen molar-refractivity contribution in [1.82, 2.24) is 5.32 Å². The molecule has 4 rings (SSSR count). The Morgan fingerprint density at radius 3 is 2.31 bits per heavy atom. The third-order valence-corrected chi connectivity index (χ3v) is 6.20. The molecule has 2 aliphatic rings. The summed E-state index contributed by atoms with van der Waals surface area (Å²) in [6, 6.07) is 16.9. The molecule has 3 amide bonds. The van der Waals surface area contributed by atoms with Crippen LogP contribution in [0.5, 0.6) is 0 Å². The Labute approximate surface area is 188 Å². The molecule has 2 aromatic carbocycles. The van der Waals surface area contributed by atoms with Gasteiger partial charge in [0.15, 0.2) is 5.54 Å². The van der Waals surface area contributed by atoms with E-state index in [-0.39, 0.29) is 30.2 Å². The quantitative estimate of drug-likeness (QED) is 0.670. The average Bonchev–Trinajstić information content (AvgIpc) is 2.78. The summed E-state index contributed by atoms with van der Waals surface area (Å²) in [5.74, 6) is -0.402. The number of benzene rings is 2. The van der Waals surface area contributed by atoms with Gasteiger partial charge in [-0.05, 0) is 48.7 Å². The minimum absolute atomic E-state index is 0.103. The van der Waals surface area contributed by atoms with E-state index in [4.69, 9.17) is 0 Å². The number of carbonyl (C=O) groups is 3. The van der Waals surface area contributed by atoms with Gasteiger partial charge in [0, 0.05) is 24.3 Å². The Morgan fingerprint density at radius 1 is 1.00 bits per heavy atom. The number of nitrogens with zero attached hydrogens (tertiary/aromatic N) is 1. The Balaban J connectivity index is 1.64. The van der Waals surface area contributed by atoms with E-state index in [1.807, 2.05) is 42.5 Å². The van der Waals surface area contributed by atoms with Crippen LogP contribution in [0.3, 0.4) is 0 Å². The van der Waals surface area contributed by atoms with Crippen LogP contribution in [0.4, 0.5) is 11.4 Å². The van der Waals surface area contributed by atoms with Gasteiger partial charge in [-0.2, -0.15) is 0 Å². The van der Waals surface area contributed by atoms with E-state index in [0.29, 0.717) is 11.4 Å². The second-order valence-corrected chi connectivity index (χ2v) is 8.61. The van der Waals surface area contributed by atoms with Crippen LogP contribution in [0.25, 0.3) is 6.08 Å². The van der Waals surface area contributed by atoms with Crippen LogP contribution in [0.1, 0.15) is 51.0 Å². The molecule has 1 aliphatic heterocycles. The number of β-lactam (4-membered cyclic amide) rings is 1. The summed E-state index contributed by atoms with van der Waals surface area (Å²) in [5, 5.41) is 5.94. The van der Waals surface area contributed by atoms with Gasteiger partial charge in [0.1, 0.15) is 0 Å². The number of amides is 3. The summed E-state index contributed by atoms with van der Waals surface area (Å²) in [6.45, 7) is 1.45. The second-order valence-electron chi connectivity index (χ2n) is 8.61. The first-order valence-corrected chi connectivity index (χ1v) is 11.2. The topological polar surface area (TPSA) is 78.5 Å². The molecule has 1 atom stereocenters. The molecule has 166 valence electrons. The molecule has 0 aromatic heterocycles. The Bertz CT molecular complexity index is 1010. The minimum atomic E-state index is -1.07. The zero-order chi connectivity index (χ0) is 22.6. The molecule has 1 heterocycles. The molecule has 6 heteroatoms. The fourth-order valence-electron chi connectivity index (χ4n) is 4.54. The highest BCUT2D eigenvalue weighted by atomic mass is 16.2. The largest absolute Gasteiger partial charge is 0.351 e. The second kappa shape index (κ2) is 9.39. The van der Waals surface area contributed by atoms with Crippen molar-refractivity contribution in [1.29, 1.82) is 0 Å². The van der Waals surface area contributed by atoms with Crippen LogP contribution in [0, 0.1) is 0 Å². The van der Waals surface area contributed by atoms with Gasteiger partial charge < -0.3 is 10.6 Å². The van der Waals surface area contributed by atoms with Gasteiger partial charge in [-0.1, -0.05) is 55.7 Å². The maximum absolute atomic E-state index is 13.6. The fraction of sp³-hybridized carbons (Fsp3) is 0.346. The summed E-state index contributed by atoms with van der Waals surface area (Å²) < 4.78 is 0. The van der Waals surface area contributed by atoms with E-state index >= 15 is 0 Å². The zero-order valence-electron chi connectivity index (χ0n) is 18.3. The molecule has 1 unspecified atom stereocenters. The van der Waals surface area contributed by atoms with Crippen molar-refractivity contribution in [2.24, 2.45) is 0 Å². The molecule has 0 radical (unpaired) electrons. The first kappa shape index (κ1) is 21.8. The van der Waals surface area contributed by atoms with E-state index in [0.717, 1.165) is 31.2 Å². The van der Waals surface area contributed by atoms with Gasteiger partial charge in [0.05, 0.1) is 6.42 Å². The van der Waals surface area contributed by atoms with Crippen LogP contribution >= 0.6 is 0 Å². The van der Waals surface area contributed by atoms with Gasteiger partial charge in [-0.25, -0.2) is 0 Å². The van der Waals surface area contributed by atoms with Crippen molar-refractivity contribution in [3.05, 3.63) is 66.2 Å². The summed E-state index contributed by atoms with van der Waals surface area (Å²) >= 11 is 0. The Morgan fingerprint density at radius 2 is 1.69 bits per heavy atom. The van der Waals surface area contributed by atoms with Gasteiger partial charge in [-0.3, -0.25) is 19.3 Å². The van der Waals surface area contributed by atoms with Crippen molar-refractivity contribution in [3.8, 4) is 0 Å². The molecular formula is C26H29N3O3. The lowest BCUT2D eigenvalue weighted by Gasteiger charge is -2.49. The van der Waals surface area contributed by atoms with Crippen molar-refractivity contribution in [2.45, 2.75) is 57.0 Å². The molecule has 2 N–H and O–H groups in total. The number of nitrogens with one attached hydrogen (secondary N) is 2. The third kappa shape index (κ3) is 4.59. The summed E-state index contributed by atoms with van der Waals surface area (Å²) in [4.78, 5) is 39.2. The molecule has 32 heavy (non-hydrogen) atoms. The highest BCUT2D eigenvalue weighted by molar-refractivity contribution is 6.15. The molecular weight excluding hydrogens is 402 g/mol. The van der Waals surface area contributed by atoms with Crippen LogP contribution in [0.15, 0.2) is 60.7 Å². The molecule has 1 saturated carbocycles. The normalized spacial score (nSPS) is 21.3. The van der Waals surface area contributed by atoms with E-state index in [9.17, 15) is 14.4 Å². The lowest BCUT2D eigenvalue weighted by Crippen LogP contribution is -2.70. The predicted octanol–water partition coefficient (Wildman–Crippen LogP) is 4.28. The van der Waals surface area contributed by atoms with Crippen LogP contribution in [-0.2, 0) is 14.4 Å². The molecule has 2 aromatic rings. The maximum Gasteiger partial charge on any atom is 0.251 e. The SMILES string of the molecule is CC(=O)Nc1ccc(N2C(=O)CC2(C=Cc2ccccc2)C(=O)NC2CCCCC2)cc1. The fourth-order valence-corrected chi connectivity index (χ4v) is 4.54. The minimum Gasteiger partial charge on any atom is -0.351 e. The van der Waals surface area contributed by atoms with Crippen molar-refractivity contribution in [2.75, 3.05) is 10.2 Å². The molecule has 1 saturated heterocycles. The third-order valence-electron chi connectivity index (χ3n) is 6.20. The van der Waals surface area contributed by atoms with E-state index in [1.165, 1.54) is 13.3 Å². The summed E-state index contributed by atoms with van der Waals surface area (Å²) in [7, 11) is 0. The number of anilines is 2. The van der Waals surface area contributed by atoms with Gasteiger partial charge in [-0.15, -0.1) is 0 Å². The van der Waals surface area contributed by atoms with E-state index < -0.39 is 5.54 Å². The predicted molar refractivity (Wildman–Crippen MR) is 126 cm³/mol. The smallest absolute Gasteiger partial charge is 0.251 e. The van der Waals surface area contributed by atoms with E-state index in [1.54, 1.807) is 29.2 Å². The Hall–Kier alpha value is -3.41. The standard InChI is InChI=1S/C26H29N3O3/c1-19(30)27-22-12-14-23(15-13-22)29-24(31)18-26(29,17-16-20-8-4-2-5-9-20)25(32)28-21-10-6-3-7-11-21/h2,4-5,8-9,12-17,21H,3,6-7,10-11,18H2,1H3,(H,27,30)(H,28,32). The molecule has 6 nitrogen and oxygen atoms in total. The van der Waals surface area contributed by atoms with E-state index in [2.05, 4.69) is 10.6 Å². The van der Waals surface area contributed by atoms with Gasteiger partial charge in [0.25, 0.3) is 5.91 Å². The summed E-state index contributed by atoms with van der Waals surface area (Å²) in [6.07, 6.45) is 9.28.